The second-order valence-electron chi connectivity index (χ2n) is 3.44. The Morgan fingerprint density at radius 3 is 2.75 bits per heavy atom. The number of aryl methyl sites for hydroxylation is 1. The van der Waals surface area contributed by atoms with Crippen LogP contribution in [0.5, 0.6) is 0 Å². The van der Waals surface area contributed by atoms with Gasteiger partial charge in [0.25, 0.3) is 0 Å². The van der Waals surface area contributed by atoms with Gasteiger partial charge in [0.2, 0.25) is 0 Å². The maximum Gasteiger partial charge on any atom is 0.127 e. The number of hydrogen-bond donors (Lipinski definition) is 0. The smallest absolute Gasteiger partial charge is 0.127 e. The lowest BCUT2D eigenvalue weighted by molar-refractivity contribution is 0.262. The Labute approximate surface area is 80.3 Å². The molecular formula is C8H12BrN3. The van der Waals surface area contributed by atoms with E-state index < -0.39 is 0 Å². The molecule has 1 aliphatic carbocycles. The van der Waals surface area contributed by atoms with Gasteiger partial charge in [0.1, 0.15) is 4.60 Å². The van der Waals surface area contributed by atoms with Crippen LogP contribution >= 0.6 is 15.9 Å². The van der Waals surface area contributed by atoms with Crippen molar-refractivity contribution in [1.29, 1.82) is 0 Å². The molecule has 0 saturated heterocycles. The van der Waals surface area contributed by atoms with Crippen LogP contribution in [0.1, 0.15) is 25.0 Å². The normalized spacial score (nSPS) is 17.8. The summed E-state index contributed by atoms with van der Waals surface area (Å²) >= 11 is 3.47. The predicted octanol–water partition coefficient (Wildman–Crippen LogP) is 2.15. The molecule has 0 N–H and O–H groups in total. The first-order valence-electron chi connectivity index (χ1n) is 4.33. The fourth-order valence-electron chi connectivity index (χ4n) is 1.42. The van der Waals surface area contributed by atoms with Gasteiger partial charge in [-0.25, -0.2) is 4.68 Å². The van der Waals surface area contributed by atoms with Crippen LogP contribution in [0.15, 0.2) is 4.60 Å². The van der Waals surface area contributed by atoms with Crippen molar-refractivity contribution < 1.29 is 0 Å². The van der Waals surface area contributed by atoms with Gasteiger partial charge in [-0.05, 0) is 41.6 Å². The van der Waals surface area contributed by atoms with Crippen LogP contribution in [-0.4, -0.2) is 15.0 Å². The van der Waals surface area contributed by atoms with Crippen LogP contribution in [0.4, 0.5) is 0 Å². The van der Waals surface area contributed by atoms with Crippen LogP contribution in [0.2, 0.25) is 0 Å². The highest BCUT2D eigenvalue weighted by Gasteiger charge is 2.19. The van der Waals surface area contributed by atoms with Crippen LogP contribution < -0.4 is 0 Å². The molecule has 1 fully saturated rings. The molecule has 0 aromatic carbocycles. The summed E-state index contributed by atoms with van der Waals surface area (Å²) in [6, 6.07) is 0. The van der Waals surface area contributed by atoms with Gasteiger partial charge in [-0.2, -0.15) is 0 Å². The average molecular weight is 230 g/mol. The highest BCUT2D eigenvalue weighted by atomic mass is 79.9. The molecule has 3 nitrogen and oxygen atoms in total. The summed E-state index contributed by atoms with van der Waals surface area (Å²) in [5.41, 5.74) is 0.981. The van der Waals surface area contributed by atoms with Crippen molar-refractivity contribution >= 4 is 15.9 Å². The Hall–Kier alpha value is -0.380. The van der Waals surface area contributed by atoms with E-state index in [9.17, 15) is 0 Å². The fraction of sp³-hybridized carbons (Fsp3) is 0.750. The van der Waals surface area contributed by atoms with Gasteiger partial charge in [0, 0.05) is 6.54 Å². The molecule has 2 rings (SSSR count). The van der Waals surface area contributed by atoms with Crippen LogP contribution in [0.3, 0.4) is 0 Å². The molecule has 1 aliphatic rings. The van der Waals surface area contributed by atoms with Crippen LogP contribution in [-0.2, 0) is 6.54 Å². The summed E-state index contributed by atoms with van der Waals surface area (Å²) in [4.78, 5) is 0. The summed E-state index contributed by atoms with van der Waals surface area (Å²) in [7, 11) is 0. The first-order valence-corrected chi connectivity index (χ1v) is 5.12. The van der Waals surface area contributed by atoms with Crippen molar-refractivity contribution in [3.05, 3.63) is 10.3 Å². The number of nitrogens with zero attached hydrogens (tertiary/aromatic N) is 3. The summed E-state index contributed by atoms with van der Waals surface area (Å²) in [6.07, 6.45) is 4.09. The second-order valence-corrected chi connectivity index (χ2v) is 4.20. The predicted molar refractivity (Wildman–Crippen MR) is 49.8 cm³/mol. The molecular weight excluding hydrogens is 218 g/mol. The maximum atomic E-state index is 4.06. The van der Waals surface area contributed by atoms with E-state index in [-0.39, 0.29) is 0 Å². The molecule has 4 heteroatoms. The van der Waals surface area contributed by atoms with Crippen molar-refractivity contribution in [3.63, 3.8) is 0 Å². The molecule has 12 heavy (non-hydrogen) atoms. The third-order valence-corrected chi connectivity index (χ3v) is 3.47. The van der Waals surface area contributed by atoms with E-state index in [0.29, 0.717) is 0 Å². The van der Waals surface area contributed by atoms with Gasteiger partial charge in [-0.1, -0.05) is 11.6 Å². The molecule has 1 aromatic heterocycles. The third-order valence-electron chi connectivity index (χ3n) is 2.48. The quantitative estimate of drug-likeness (QED) is 0.779. The van der Waals surface area contributed by atoms with Gasteiger partial charge in [0.05, 0.1) is 5.69 Å². The van der Waals surface area contributed by atoms with E-state index in [0.717, 1.165) is 22.8 Å². The fourth-order valence-corrected chi connectivity index (χ4v) is 1.72. The molecule has 0 aliphatic heterocycles. The topological polar surface area (TPSA) is 30.7 Å². The SMILES string of the molecule is Cc1nnn(CC2CCC2)c1Br. The van der Waals surface area contributed by atoms with Crippen molar-refractivity contribution in [3.8, 4) is 0 Å². The molecule has 1 aromatic rings. The van der Waals surface area contributed by atoms with Crippen molar-refractivity contribution in [2.24, 2.45) is 5.92 Å². The molecule has 0 radical (unpaired) electrons. The van der Waals surface area contributed by atoms with Crippen molar-refractivity contribution in [1.82, 2.24) is 15.0 Å². The van der Waals surface area contributed by atoms with Crippen molar-refractivity contribution in [2.75, 3.05) is 0 Å². The van der Waals surface area contributed by atoms with Gasteiger partial charge in [-0.3, -0.25) is 0 Å². The Morgan fingerprint density at radius 2 is 2.33 bits per heavy atom. The molecule has 1 saturated carbocycles. The molecule has 0 amide bonds. The van der Waals surface area contributed by atoms with Crippen LogP contribution in [0, 0.1) is 12.8 Å². The minimum atomic E-state index is 0.836. The lowest BCUT2D eigenvalue weighted by atomic mass is 9.85. The van der Waals surface area contributed by atoms with E-state index in [4.69, 9.17) is 0 Å². The Bertz CT molecular complexity index is 278. The van der Waals surface area contributed by atoms with Gasteiger partial charge in [-0.15, -0.1) is 5.10 Å². The zero-order chi connectivity index (χ0) is 8.55. The van der Waals surface area contributed by atoms with E-state index in [1.165, 1.54) is 19.3 Å². The van der Waals surface area contributed by atoms with E-state index >= 15 is 0 Å². The Balaban J connectivity index is 2.06. The highest BCUT2D eigenvalue weighted by Crippen LogP contribution is 2.28. The summed E-state index contributed by atoms with van der Waals surface area (Å²) in [5, 5.41) is 8.05. The van der Waals surface area contributed by atoms with Gasteiger partial charge in [0.15, 0.2) is 0 Å². The maximum absolute atomic E-state index is 4.06. The minimum Gasteiger partial charge on any atom is -0.238 e. The lowest BCUT2D eigenvalue weighted by Crippen LogP contribution is -2.18. The average Bonchev–Trinajstić information content (AvgIpc) is 2.27. The number of rotatable bonds is 2. The van der Waals surface area contributed by atoms with E-state index in [2.05, 4.69) is 26.2 Å². The summed E-state index contributed by atoms with van der Waals surface area (Å²) in [5.74, 6) is 0.836. The molecule has 0 bridgehead atoms. The highest BCUT2D eigenvalue weighted by molar-refractivity contribution is 9.10. The third kappa shape index (κ3) is 1.40. The number of halogens is 1. The molecule has 1 heterocycles. The van der Waals surface area contributed by atoms with E-state index in [1.54, 1.807) is 0 Å². The van der Waals surface area contributed by atoms with Crippen LogP contribution in [0.25, 0.3) is 0 Å². The second kappa shape index (κ2) is 3.17. The summed E-state index contributed by atoms with van der Waals surface area (Å²) in [6.45, 7) is 3.00. The summed E-state index contributed by atoms with van der Waals surface area (Å²) < 4.78 is 2.99. The minimum absolute atomic E-state index is 0.836. The van der Waals surface area contributed by atoms with Gasteiger partial charge >= 0.3 is 0 Å². The Morgan fingerprint density at radius 1 is 1.58 bits per heavy atom. The number of aromatic nitrogens is 3. The molecule has 0 unspecified atom stereocenters. The molecule has 0 atom stereocenters. The zero-order valence-electron chi connectivity index (χ0n) is 7.13. The largest absolute Gasteiger partial charge is 0.238 e. The number of hydrogen-bond acceptors (Lipinski definition) is 2. The zero-order valence-corrected chi connectivity index (χ0v) is 8.71. The van der Waals surface area contributed by atoms with Crippen molar-refractivity contribution in [2.45, 2.75) is 32.7 Å². The molecule has 66 valence electrons. The first-order chi connectivity index (χ1) is 5.77. The van der Waals surface area contributed by atoms with Gasteiger partial charge < -0.3 is 0 Å². The lowest BCUT2D eigenvalue weighted by Gasteiger charge is -2.24. The van der Waals surface area contributed by atoms with E-state index in [1.807, 2.05) is 11.6 Å². The standard InChI is InChI=1S/C8H12BrN3/c1-6-8(9)12(11-10-6)5-7-3-2-4-7/h7H,2-5H2,1H3. The Kier molecular flexibility index (Phi) is 2.17. The monoisotopic (exact) mass is 229 g/mol. The molecule has 0 spiro atoms. The first kappa shape index (κ1) is 8.23.